The molecule has 0 spiro atoms. The molecule has 1 fully saturated rings. The van der Waals surface area contributed by atoms with E-state index >= 15 is 0 Å². The number of hydrogen-bond donors (Lipinski definition) is 0. The molecule has 0 amide bonds. The number of methoxy groups -OCH3 is 1. The maximum atomic E-state index is 13.0. The fourth-order valence-electron chi connectivity index (χ4n) is 3.14. The molecule has 3 aromatic rings. The first kappa shape index (κ1) is 17.7. The second-order valence-electron chi connectivity index (χ2n) is 6.31. The van der Waals surface area contributed by atoms with Crippen LogP contribution < -0.4 is 9.47 Å². The Hall–Kier alpha value is -2.71. The largest absolute Gasteiger partial charge is 0.480 e. The molecule has 1 atom stereocenters. The third-order valence-corrected chi connectivity index (χ3v) is 6.44. The fourth-order valence-corrected chi connectivity index (χ4v) is 4.66. The molecule has 7 nitrogen and oxygen atoms in total. The Morgan fingerprint density at radius 3 is 2.48 bits per heavy atom. The van der Waals surface area contributed by atoms with Gasteiger partial charge in [-0.1, -0.05) is 30.3 Å². The number of rotatable bonds is 5. The van der Waals surface area contributed by atoms with Crippen LogP contribution in [0.15, 0.2) is 59.5 Å². The van der Waals surface area contributed by atoms with Crippen LogP contribution in [0.5, 0.6) is 11.8 Å². The van der Waals surface area contributed by atoms with E-state index in [1.807, 2.05) is 30.3 Å². The van der Waals surface area contributed by atoms with E-state index in [1.54, 1.807) is 24.3 Å². The highest BCUT2D eigenvalue weighted by molar-refractivity contribution is 7.89. The van der Waals surface area contributed by atoms with Gasteiger partial charge in [-0.25, -0.2) is 8.42 Å². The molecule has 1 aromatic heterocycles. The van der Waals surface area contributed by atoms with Crippen LogP contribution in [0.3, 0.4) is 0 Å². The average Bonchev–Trinajstić information content (AvgIpc) is 3.17. The highest BCUT2D eigenvalue weighted by Crippen LogP contribution is 2.26. The minimum absolute atomic E-state index is 0.261. The Balaban J connectivity index is 1.49. The Kier molecular flexibility index (Phi) is 4.67. The van der Waals surface area contributed by atoms with E-state index in [0.717, 1.165) is 10.8 Å². The van der Waals surface area contributed by atoms with Crippen molar-refractivity contribution in [2.24, 2.45) is 0 Å². The first-order valence-electron chi connectivity index (χ1n) is 8.59. The number of nitrogens with zero attached hydrogens (tertiary/aromatic N) is 3. The second kappa shape index (κ2) is 7.13. The zero-order chi connectivity index (χ0) is 18.9. The van der Waals surface area contributed by atoms with E-state index in [4.69, 9.17) is 9.47 Å². The molecule has 140 valence electrons. The maximum absolute atomic E-state index is 13.0. The van der Waals surface area contributed by atoms with Crippen molar-refractivity contribution >= 4 is 20.8 Å². The third-order valence-electron chi connectivity index (χ3n) is 4.58. The van der Waals surface area contributed by atoms with Crippen molar-refractivity contribution in [1.82, 2.24) is 14.5 Å². The summed E-state index contributed by atoms with van der Waals surface area (Å²) in [5.41, 5.74) is 0. The highest BCUT2D eigenvalue weighted by Gasteiger charge is 2.34. The Bertz CT molecular complexity index is 1050. The molecule has 1 aliphatic rings. The number of hydrogen-bond acceptors (Lipinski definition) is 6. The number of ether oxygens (including phenoxy) is 2. The molecule has 1 aliphatic heterocycles. The molecule has 0 aliphatic carbocycles. The summed E-state index contributed by atoms with van der Waals surface area (Å²) in [6.45, 7) is 0.687. The van der Waals surface area contributed by atoms with Crippen molar-refractivity contribution in [2.75, 3.05) is 20.2 Å². The summed E-state index contributed by atoms with van der Waals surface area (Å²) in [6.07, 6.45) is 0.337. The van der Waals surface area contributed by atoms with Gasteiger partial charge in [-0.2, -0.15) is 4.31 Å². The van der Waals surface area contributed by atoms with Crippen LogP contribution in [0, 0.1) is 0 Å². The van der Waals surface area contributed by atoms with Gasteiger partial charge in [0.05, 0.1) is 18.6 Å². The lowest BCUT2D eigenvalue weighted by Gasteiger charge is -2.17. The van der Waals surface area contributed by atoms with E-state index in [2.05, 4.69) is 10.2 Å². The van der Waals surface area contributed by atoms with Crippen molar-refractivity contribution in [3.05, 3.63) is 54.6 Å². The molecule has 2 heterocycles. The van der Waals surface area contributed by atoms with Crippen LogP contribution in [0.2, 0.25) is 0 Å². The molecule has 1 unspecified atom stereocenters. The van der Waals surface area contributed by atoms with E-state index in [-0.39, 0.29) is 12.6 Å². The van der Waals surface area contributed by atoms with Crippen LogP contribution in [-0.2, 0) is 10.0 Å². The smallest absolute Gasteiger partial charge is 0.243 e. The van der Waals surface area contributed by atoms with Gasteiger partial charge in [-0.15, -0.1) is 10.2 Å². The molecule has 0 saturated carbocycles. The SMILES string of the molecule is COc1ccc(OC2CCN(S(=O)(=O)c3ccc4ccccc4c3)C2)nn1. The lowest BCUT2D eigenvalue weighted by atomic mass is 10.1. The van der Waals surface area contributed by atoms with Gasteiger partial charge in [-0.3, -0.25) is 0 Å². The van der Waals surface area contributed by atoms with Gasteiger partial charge in [0.15, 0.2) is 0 Å². The summed E-state index contributed by atoms with van der Waals surface area (Å²) < 4.78 is 38.2. The van der Waals surface area contributed by atoms with Crippen LogP contribution in [0.25, 0.3) is 10.8 Å². The molecule has 2 aromatic carbocycles. The zero-order valence-electron chi connectivity index (χ0n) is 14.8. The van der Waals surface area contributed by atoms with Crippen LogP contribution >= 0.6 is 0 Å². The van der Waals surface area contributed by atoms with Gasteiger partial charge in [0.25, 0.3) is 0 Å². The number of sulfonamides is 1. The molecule has 4 rings (SSSR count). The summed E-state index contributed by atoms with van der Waals surface area (Å²) in [6, 6.07) is 16.2. The lowest BCUT2D eigenvalue weighted by Crippen LogP contribution is -2.31. The maximum Gasteiger partial charge on any atom is 0.243 e. The van der Waals surface area contributed by atoms with E-state index in [9.17, 15) is 8.42 Å². The molecule has 0 radical (unpaired) electrons. The molecular weight excluding hydrogens is 366 g/mol. The van der Waals surface area contributed by atoms with Crippen molar-refractivity contribution in [2.45, 2.75) is 17.4 Å². The Morgan fingerprint density at radius 2 is 1.74 bits per heavy atom. The van der Waals surface area contributed by atoms with Crippen molar-refractivity contribution < 1.29 is 17.9 Å². The minimum Gasteiger partial charge on any atom is -0.480 e. The number of fused-ring (bicyclic) bond motifs is 1. The van der Waals surface area contributed by atoms with Crippen molar-refractivity contribution in [3.8, 4) is 11.8 Å². The predicted molar refractivity (Wildman–Crippen MR) is 100 cm³/mol. The van der Waals surface area contributed by atoms with Gasteiger partial charge in [0.2, 0.25) is 21.8 Å². The van der Waals surface area contributed by atoms with E-state index in [0.29, 0.717) is 29.6 Å². The topological polar surface area (TPSA) is 81.6 Å². The molecule has 0 N–H and O–H groups in total. The van der Waals surface area contributed by atoms with E-state index in [1.165, 1.54) is 11.4 Å². The highest BCUT2D eigenvalue weighted by atomic mass is 32.2. The third kappa shape index (κ3) is 3.58. The van der Waals surface area contributed by atoms with Gasteiger partial charge in [0.1, 0.15) is 6.10 Å². The molecule has 0 bridgehead atoms. The predicted octanol–water partition coefficient (Wildman–Crippen LogP) is 2.48. The molecule has 8 heteroatoms. The lowest BCUT2D eigenvalue weighted by molar-refractivity contribution is 0.203. The second-order valence-corrected chi connectivity index (χ2v) is 8.25. The average molecular weight is 385 g/mol. The zero-order valence-corrected chi connectivity index (χ0v) is 15.6. The fraction of sp³-hybridized carbons (Fsp3) is 0.263. The van der Waals surface area contributed by atoms with Gasteiger partial charge < -0.3 is 9.47 Å². The molecular formula is C19H19N3O4S. The van der Waals surface area contributed by atoms with Crippen molar-refractivity contribution in [1.29, 1.82) is 0 Å². The summed E-state index contributed by atoms with van der Waals surface area (Å²) in [4.78, 5) is 0.297. The Labute approximate surface area is 157 Å². The minimum atomic E-state index is -3.57. The number of aromatic nitrogens is 2. The summed E-state index contributed by atoms with van der Waals surface area (Å²) in [5.74, 6) is 0.750. The van der Waals surface area contributed by atoms with Gasteiger partial charge in [-0.05, 0) is 29.3 Å². The number of benzene rings is 2. The quantitative estimate of drug-likeness (QED) is 0.671. The normalized spacial score (nSPS) is 17.9. The van der Waals surface area contributed by atoms with E-state index < -0.39 is 10.0 Å². The summed E-state index contributed by atoms with van der Waals surface area (Å²) >= 11 is 0. The van der Waals surface area contributed by atoms with Crippen LogP contribution in [0.4, 0.5) is 0 Å². The monoisotopic (exact) mass is 385 g/mol. The molecule has 27 heavy (non-hydrogen) atoms. The van der Waals surface area contributed by atoms with Gasteiger partial charge >= 0.3 is 0 Å². The van der Waals surface area contributed by atoms with Crippen LogP contribution in [-0.4, -0.2) is 49.2 Å². The van der Waals surface area contributed by atoms with Crippen LogP contribution in [0.1, 0.15) is 6.42 Å². The summed E-state index contributed by atoms with van der Waals surface area (Å²) in [5, 5.41) is 9.70. The first-order chi connectivity index (χ1) is 13.1. The summed E-state index contributed by atoms with van der Waals surface area (Å²) in [7, 11) is -2.06. The molecule has 1 saturated heterocycles. The first-order valence-corrected chi connectivity index (χ1v) is 10.0. The van der Waals surface area contributed by atoms with Crippen molar-refractivity contribution in [3.63, 3.8) is 0 Å². The standard InChI is InChI=1S/C19H19N3O4S/c1-25-18-8-9-19(21-20-18)26-16-10-11-22(13-16)27(23,24)17-7-6-14-4-2-3-5-15(14)12-17/h2-9,12,16H,10-11,13H2,1H3. The van der Waals surface area contributed by atoms with Gasteiger partial charge in [0, 0.05) is 18.7 Å². The Morgan fingerprint density at radius 1 is 1.00 bits per heavy atom.